The van der Waals surface area contributed by atoms with Crippen LogP contribution >= 0.6 is 0 Å². The number of benzene rings is 2. The lowest BCUT2D eigenvalue weighted by molar-refractivity contribution is -0.210. The van der Waals surface area contributed by atoms with Crippen LogP contribution in [0.5, 0.6) is 23.0 Å². The highest BCUT2D eigenvalue weighted by Crippen LogP contribution is 2.34. The Hall–Kier alpha value is -3.89. The number of carbonyl (C=O) groups is 2. The van der Waals surface area contributed by atoms with Gasteiger partial charge in [-0.3, -0.25) is 10.1 Å². The van der Waals surface area contributed by atoms with E-state index in [0.717, 1.165) is 0 Å². The molecule has 0 radical (unpaired) electrons. The van der Waals surface area contributed by atoms with Crippen LogP contribution in [0.15, 0.2) is 42.5 Å². The third kappa shape index (κ3) is 4.03. The Morgan fingerprint density at radius 1 is 1.03 bits per heavy atom. The molecule has 2 aromatic carbocycles. The lowest BCUT2D eigenvalue weighted by Crippen LogP contribution is -2.54. The van der Waals surface area contributed by atoms with Crippen LogP contribution in [0.3, 0.4) is 0 Å². The first-order chi connectivity index (χ1) is 13.6. The van der Waals surface area contributed by atoms with Crippen LogP contribution in [0.2, 0.25) is 0 Å². The number of pyridine rings is 1. The van der Waals surface area contributed by atoms with Crippen molar-refractivity contribution < 1.29 is 39.9 Å². The van der Waals surface area contributed by atoms with E-state index in [1.165, 1.54) is 29.6 Å². The highest BCUT2D eigenvalue weighted by molar-refractivity contribution is 6.03. The first-order valence-corrected chi connectivity index (χ1v) is 8.19. The number of rotatable bonds is 5. The summed E-state index contributed by atoms with van der Waals surface area (Å²) >= 11 is 0. The van der Waals surface area contributed by atoms with Gasteiger partial charge in [-0.25, -0.2) is 9.78 Å². The number of carboxylic acids is 1. The minimum atomic E-state index is -3.52. The van der Waals surface area contributed by atoms with E-state index in [4.69, 9.17) is 9.84 Å². The number of nitrogens with one attached hydrogen (secondary N) is 1. The predicted octanol–water partition coefficient (Wildman–Crippen LogP) is 1.20. The quantitative estimate of drug-likeness (QED) is 0.344. The second kappa shape index (κ2) is 7.26. The molecular weight excluding hydrogens is 384 g/mol. The molecule has 0 atom stereocenters. The lowest BCUT2D eigenvalue weighted by atomic mass is 10.1. The summed E-state index contributed by atoms with van der Waals surface area (Å²) in [6.45, 7) is 1.54. The summed E-state index contributed by atoms with van der Waals surface area (Å²) in [7, 11) is 0. The van der Waals surface area contributed by atoms with E-state index in [9.17, 15) is 30.0 Å². The van der Waals surface area contributed by atoms with E-state index >= 15 is 0 Å². The number of aromatic hydroxyl groups is 2. The smallest absolute Gasteiger partial charge is 0.387 e. The number of carbonyl (C=O) groups excluding carboxylic acids is 1. The Labute approximate surface area is 163 Å². The fourth-order valence-corrected chi connectivity index (χ4v) is 2.61. The van der Waals surface area contributed by atoms with Crippen LogP contribution in [-0.4, -0.2) is 48.3 Å². The average molecular weight is 400 g/mol. The number of amides is 1. The molecule has 10 heteroatoms. The molecule has 0 saturated heterocycles. The van der Waals surface area contributed by atoms with Crippen LogP contribution in [0, 0.1) is 6.92 Å². The summed E-state index contributed by atoms with van der Waals surface area (Å²) in [5.41, 5.74) is -0.286. The molecule has 0 unspecified atom stereocenters. The number of hydrogen-bond donors (Lipinski definition) is 6. The van der Waals surface area contributed by atoms with Crippen molar-refractivity contribution in [3.8, 4) is 23.0 Å². The molecule has 3 rings (SSSR count). The first-order valence-electron chi connectivity index (χ1n) is 8.19. The summed E-state index contributed by atoms with van der Waals surface area (Å²) in [5.74, 6) is -6.71. The fourth-order valence-electron chi connectivity index (χ4n) is 2.61. The molecule has 6 N–H and O–H groups in total. The highest BCUT2D eigenvalue weighted by atomic mass is 16.6. The molecule has 0 bridgehead atoms. The molecule has 10 nitrogen and oxygen atoms in total. The van der Waals surface area contributed by atoms with Gasteiger partial charge in [0.1, 0.15) is 17.2 Å². The van der Waals surface area contributed by atoms with Crippen LogP contribution in [0.4, 0.5) is 0 Å². The molecule has 3 aromatic rings. The highest BCUT2D eigenvalue weighted by Gasteiger charge is 2.36. The third-order valence-electron chi connectivity index (χ3n) is 3.99. The molecule has 1 heterocycles. The standard InChI is InChI=1S/C19H16N2O8/c1-9-14-8-12(29-11-4-2-3-10(22)7-11)5-6-13(14)16(23)15(20-9)17(24)21-19(27,28)18(25)26/h2-8,22-23,27-28H,1H3,(H,21,24)(H,25,26). The zero-order chi connectivity index (χ0) is 21.3. The maximum Gasteiger partial charge on any atom is 0.387 e. The van der Waals surface area contributed by atoms with E-state index in [1.807, 2.05) is 0 Å². The number of ether oxygens (including phenoxy) is 1. The maximum atomic E-state index is 12.2. The van der Waals surface area contributed by atoms with Crippen LogP contribution < -0.4 is 10.1 Å². The van der Waals surface area contributed by atoms with Crippen molar-refractivity contribution in [1.29, 1.82) is 0 Å². The number of phenols is 1. The molecule has 150 valence electrons. The van der Waals surface area contributed by atoms with Crippen molar-refractivity contribution >= 4 is 22.6 Å². The molecule has 0 aliphatic rings. The molecular formula is C19H16N2O8. The van der Waals surface area contributed by atoms with Crippen molar-refractivity contribution in [2.45, 2.75) is 12.8 Å². The third-order valence-corrected chi connectivity index (χ3v) is 3.99. The van der Waals surface area contributed by atoms with Crippen molar-refractivity contribution in [3.63, 3.8) is 0 Å². The molecule has 0 aliphatic heterocycles. The van der Waals surface area contributed by atoms with Crippen LogP contribution in [0.1, 0.15) is 16.2 Å². The van der Waals surface area contributed by atoms with E-state index in [1.54, 1.807) is 25.1 Å². The zero-order valence-electron chi connectivity index (χ0n) is 14.9. The number of aromatic nitrogens is 1. The topological polar surface area (TPSA) is 169 Å². The zero-order valence-corrected chi connectivity index (χ0v) is 14.9. The van der Waals surface area contributed by atoms with Gasteiger partial charge in [0.2, 0.25) is 0 Å². The molecule has 0 fully saturated rings. The van der Waals surface area contributed by atoms with Gasteiger partial charge in [0.05, 0.1) is 0 Å². The molecule has 0 aliphatic carbocycles. The van der Waals surface area contributed by atoms with Gasteiger partial charge in [0, 0.05) is 22.5 Å². The van der Waals surface area contributed by atoms with E-state index < -0.39 is 29.2 Å². The molecule has 0 spiro atoms. The summed E-state index contributed by atoms with van der Waals surface area (Å²) in [6, 6.07) is 10.7. The van der Waals surface area contributed by atoms with Gasteiger partial charge in [0.25, 0.3) is 5.91 Å². The molecule has 29 heavy (non-hydrogen) atoms. The van der Waals surface area contributed by atoms with E-state index in [-0.39, 0.29) is 11.1 Å². The van der Waals surface area contributed by atoms with Crippen LogP contribution in [0.25, 0.3) is 10.8 Å². The number of aliphatic carboxylic acids is 1. The van der Waals surface area contributed by atoms with Crippen molar-refractivity contribution in [2.75, 3.05) is 0 Å². The van der Waals surface area contributed by atoms with Gasteiger partial charge in [-0.1, -0.05) is 6.07 Å². The Bertz CT molecular complexity index is 1130. The average Bonchev–Trinajstić information content (AvgIpc) is 2.64. The minimum absolute atomic E-state index is 0.0274. The van der Waals surface area contributed by atoms with Crippen molar-refractivity contribution in [2.24, 2.45) is 0 Å². The molecule has 0 saturated carbocycles. The lowest BCUT2D eigenvalue weighted by Gasteiger charge is -2.18. The Morgan fingerprint density at radius 2 is 1.72 bits per heavy atom. The Kier molecular flexibility index (Phi) is 4.97. The molecule has 1 amide bonds. The normalized spacial score (nSPS) is 11.3. The van der Waals surface area contributed by atoms with Crippen molar-refractivity contribution in [3.05, 3.63) is 53.9 Å². The minimum Gasteiger partial charge on any atom is -0.508 e. The number of aryl methyl sites for hydroxylation is 1. The van der Waals surface area contributed by atoms with E-state index in [2.05, 4.69) is 4.98 Å². The van der Waals surface area contributed by atoms with Gasteiger partial charge in [-0.15, -0.1) is 0 Å². The SMILES string of the molecule is Cc1nc(C(=O)NC(O)(O)C(=O)O)c(O)c2ccc(Oc3cccc(O)c3)cc12. The second-order valence-corrected chi connectivity index (χ2v) is 6.13. The maximum absolute atomic E-state index is 12.2. The van der Waals surface area contributed by atoms with Crippen molar-refractivity contribution in [1.82, 2.24) is 10.3 Å². The fraction of sp³-hybridized carbons (Fsp3) is 0.105. The molecule has 1 aromatic heterocycles. The predicted molar refractivity (Wildman–Crippen MR) is 98.6 cm³/mol. The Balaban J connectivity index is 1.97. The summed E-state index contributed by atoms with van der Waals surface area (Å²) in [4.78, 5) is 26.8. The van der Waals surface area contributed by atoms with Gasteiger partial charge < -0.3 is 30.3 Å². The van der Waals surface area contributed by atoms with E-state index in [0.29, 0.717) is 22.6 Å². The van der Waals surface area contributed by atoms with Gasteiger partial charge in [-0.05, 0) is 37.3 Å². The summed E-state index contributed by atoms with van der Waals surface area (Å²) < 4.78 is 5.65. The second-order valence-electron chi connectivity index (χ2n) is 6.13. The van der Waals surface area contributed by atoms with Crippen LogP contribution in [-0.2, 0) is 4.79 Å². The summed E-state index contributed by atoms with van der Waals surface area (Å²) in [6.07, 6.45) is 0. The number of carboxylic acid groups (broad SMARTS) is 1. The Morgan fingerprint density at radius 3 is 2.38 bits per heavy atom. The van der Waals surface area contributed by atoms with Gasteiger partial charge >= 0.3 is 11.9 Å². The number of hydrogen-bond acceptors (Lipinski definition) is 8. The number of fused-ring (bicyclic) bond motifs is 1. The van der Waals surface area contributed by atoms with Gasteiger partial charge in [0.15, 0.2) is 11.4 Å². The number of phenolic OH excluding ortho intramolecular Hbond substituents is 1. The number of aliphatic hydroxyl groups is 2. The monoisotopic (exact) mass is 400 g/mol. The largest absolute Gasteiger partial charge is 0.508 e. The van der Waals surface area contributed by atoms with Gasteiger partial charge in [-0.2, -0.15) is 0 Å². The number of nitrogens with zero attached hydrogens (tertiary/aromatic N) is 1. The summed E-state index contributed by atoms with van der Waals surface area (Å²) in [5, 5.41) is 49.2. The first kappa shape index (κ1) is 19.9.